The van der Waals surface area contributed by atoms with Crippen molar-refractivity contribution in [2.24, 2.45) is 0 Å². The van der Waals surface area contributed by atoms with Crippen LogP contribution in [0.15, 0.2) is 72.4 Å². The minimum absolute atomic E-state index is 0.0726. The summed E-state index contributed by atoms with van der Waals surface area (Å²) in [6.07, 6.45) is 3.76. The Morgan fingerprint density at radius 3 is 2.77 bits per heavy atom. The van der Waals surface area contributed by atoms with Gasteiger partial charge in [-0.2, -0.15) is 0 Å². The molecule has 0 aliphatic rings. The normalized spacial score (nSPS) is 11.2. The molecule has 0 saturated carbocycles. The maximum Gasteiger partial charge on any atom is 0.230 e. The van der Waals surface area contributed by atoms with Crippen molar-refractivity contribution >= 4 is 44.7 Å². The maximum absolute atomic E-state index is 12.6. The molecule has 0 atom stereocenters. The van der Waals surface area contributed by atoms with Gasteiger partial charge in [0.25, 0.3) is 0 Å². The molecule has 0 unspecified atom stereocenters. The van der Waals surface area contributed by atoms with Gasteiger partial charge in [-0.15, -0.1) is 11.3 Å². The standard InChI is InChI=1S/C24H20N4OS/c1-2-28-21-8-4-3-7-19(21)20-12-17(9-10-22(20)28)26-23(29)13-18-15-30-24(27-18)16-6-5-11-25-14-16/h3-12,14-15H,2,13H2,1H3,(H,26,29). The Morgan fingerprint density at radius 2 is 1.93 bits per heavy atom. The molecular weight excluding hydrogens is 392 g/mol. The van der Waals surface area contributed by atoms with E-state index in [1.807, 2.05) is 23.6 Å². The van der Waals surface area contributed by atoms with Gasteiger partial charge < -0.3 is 9.88 Å². The Bertz CT molecular complexity index is 1350. The maximum atomic E-state index is 12.6. The lowest BCUT2D eigenvalue weighted by atomic mass is 10.1. The van der Waals surface area contributed by atoms with Crippen molar-refractivity contribution in [1.82, 2.24) is 14.5 Å². The summed E-state index contributed by atoms with van der Waals surface area (Å²) < 4.78 is 2.30. The van der Waals surface area contributed by atoms with Crippen molar-refractivity contribution in [2.45, 2.75) is 19.9 Å². The minimum Gasteiger partial charge on any atom is -0.341 e. The van der Waals surface area contributed by atoms with Gasteiger partial charge in [0.2, 0.25) is 5.91 Å². The molecule has 5 aromatic rings. The molecule has 2 aromatic carbocycles. The number of hydrogen-bond donors (Lipinski definition) is 1. The number of anilines is 1. The van der Waals surface area contributed by atoms with Crippen molar-refractivity contribution in [1.29, 1.82) is 0 Å². The number of para-hydroxylation sites is 1. The van der Waals surface area contributed by atoms with Crippen molar-refractivity contribution in [3.8, 4) is 10.6 Å². The van der Waals surface area contributed by atoms with Crippen LogP contribution in [0, 0.1) is 0 Å². The highest BCUT2D eigenvalue weighted by Crippen LogP contribution is 2.31. The zero-order chi connectivity index (χ0) is 20.5. The van der Waals surface area contributed by atoms with Crippen molar-refractivity contribution in [3.63, 3.8) is 0 Å². The molecule has 0 spiro atoms. The molecule has 0 fully saturated rings. The third-order valence-corrected chi connectivity index (χ3v) is 6.11. The fourth-order valence-electron chi connectivity index (χ4n) is 3.85. The number of carbonyl (C=O) groups is 1. The Labute approximate surface area is 178 Å². The first kappa shape index (κ1) is 18.5. The predicted molar refractivity (Wildman–Crippen MR) is 123 cm³/mol. The summed E-state index contributed by atoms with van der Waals surface area (Å²) in [5.41, 5.74) is 4.92. The molecule has 5 nitrogen and oxygen atoms in total. The second-order valence-corrected chi connectivity index (χ2v) is 7.96. The first-order chi connectivity index (χ1) is 14.7. The summed E-state index contributed by atoms with van der Waals surface area (Å²) in [5, 5.41) is 8.18. The van der Waals surface area contributed by atoms with Crippen LogP contribution in [-0.2, 0) is 17.8 Å². The molecule has 5 rings (SSSR count). The Morgan fingerprint density at radius 1 is 1.07 bits per heavy atom. The molecule has 0 radical (unpaired) electrons. The zero-order valence-corrected chi connectivity index (χ0v) is 17.3. The van der Waals surface area contributed by atoms with E-state index in [1.165, 1.54) is 27.8 Å². The first-order valence-corrected chi connectivity index (χ1v) is 10.8. The molecular formula is C24H20N4OS. The zero-order valence-electron chi connectivity index (χ0n) is 16.5. The summed E-state index contributed by atoms with van der Waals surface area (Å²) in [5.74, 6) is -0.0726. The largest absolute Gasteiger partial charge is 0.341 e. The summed E-state index contributed by atoms with van der Waals surface area (Å²) in [7, 11) is 0. The number of nitrogens with one attached hydrogen (secondary N) is 1. The van der Waals surface area contributed by atoms with Crippen LogP contribution in [0.4, 0.5) is 5.69 Å². The monoisotopic (exact) mass is 412 g/mol. The Balaban J connectivity index is 1.37. The number of benzene rings is 2. The van der Waals surface area contributed by atoms with E-state index in [0.29, 0.717) is 0 Å². The van der Waals surface area contributed by atoms with Crippen LogP contribution >= 0.6 is 11.3 Å². The van der Waals surface area contributed by atoms with Crippen molar-refractivity contribution in [2.75, 3.05) is 5.32 Å². The van der Waals surface area contributed by atoms with Crippen LogP contribution in [0.1, 0.15) is 12.6 Å². The highest BCUT2D eigenvalue weighted by atomic mass is 32.1. The average Bonchev–Trinajstić information content (AvgIpc) is 3.36. The van der Waals surface area contributed by atoms with Gasteiger partial charge >= 0.3 is 0 Å². The molecule has 0 saturated heterocycles. The fourth-order valence-corrected chi connectivity index (χ4v) is 4.66. The summed E-state index contributed by atoms with van der Waals surface area (Å²) in [6.45, 7) is 3.05. The summed E-state index contributed by atoms with van der Waals surface area (Å²) in [6, 6.07) is 18.3. The molecule has 3 heterocycles. The molecule has 0 aliphatic carbocycles. The molecule has 0 bridgehead atoms. The van der Waals surface area contributed by atoms with Crippen LogP contribution < -0.4 is 5.32 Å². The molecule has 1 N–H and O–H groups in total. The van der Waals surface area contributed by atoms with E-state index < -0.39 is 0 Å². The van der Waals surface area contributed by atoms with E-state index in [1.54, 1.807) is 12.4 Å². The molecule has 0 aliphatic heterocycles. The van der Waals surface area contributed by atoms with Crippen molar-refractivity contribution < 1.29 is 4.79 Å². The molecule has 1 amide bonds. The molecule has 6 heteroatoms. The van der Waals surface area contributed by atoms with E-state index in [4.69, 9.17) is 0 Å². The second-order valence-electron chi connectivity index (χ2n) is 7.10. The first-order valence-electron chi connectivity index (χ1n) is 9.88. The lowest BCUT2D eigenvalue weighted by molar-refractivity contribution is -0.115. The number of pyridine rings is 1. The summed E-state index contributed by atoms with van der Waals surface area (Å²) >= 11 is 1.53. The van der Waals surface area contributed by atoms with Crippen LogP contribution in [-0.4, -0.2) is 20.4 Å². The van der Waals surface area contributed by atoms with Gasteiger partial charge in [-0.3, -0.25) is 9.78 Å². The van der Waals surface area contributed by atoms with Crippen LogP contribution in [0.5, 0.6) is 0 Å². The number of aryl methyl sites for hydroxylation is 1. The Hall–Kier alpha value is -3.51. The molecule has 148 valence electrons. The number of amides is 1. The van der Waals surface area contributed by atoms with Gasteiger partial charge in [-0.05, 0) is 43.3 Å². The number of thiazole rings is 1. The van der Waals surface area contributed by atoms with Gasteiger partial charge in [-0.1, -0.05) is 18.2 Å². The topological polar surface area (TPSA) is 59.8 Å². The number of hydrogen-bond acceptors (Lipinski definition) is 4. The number of carbonyl (C=O) groups excluding carboxylic acids is 1. The van der Waals surface area contributed by atoms with Crippen LogP contribution in [0.25, 0.3) is 32.4 Å². The smallest absolute Gasteiger partial charge is 0.230 e. The van der Waals surface area contributed by atoms with Gasteiger partial charge in [-0.25, -0.2) is 4.98 Å². The van der Waals surface area contributed by atoms with Crippen molar-refractivity contribution in [3.05, 3.63) is 78.1 Å². The lowest BCUT2D eigenvalue weighted by Gasteiger charge is -2.06. The summed E-state index contributed by atoms with van der Waals surface area (Å²) in [4.78, 5) is 21.3. The predicted octanol–water partition coefficient (Wildman–Crippen LogP) is 5.51. The van der Waals surface area contributed by atoms with E-state index in [0.717, 1.165) is 33.9 Å². The van der Waals surface area contributed by atoms with Crippen LogP contribution in [0.3, 0.4) is 0 Å². The van der Waals surface area contributed by atoms with Gasteiger partial charge in [0.1, 0.15) is 5.01 Å². The quantitative estimate of drug-likeness (QED) is 0.414. The lowest BCUT2D eigenvalue weighted by Crippen LogP contribution is -2.14. The van der Waals surface area contributed by atoms with E-state index in [2.05, 4.69) is 63.2 Å². The SMILES string of the molecule is CCn1c2ccccc2c2cc(NC(=O)Cc3csc(-c4cccnc4)n3)ccc21. The second kappa shape index (κ2) is 7.72. The number of nitrogens with zero attached hydrogens (tertiary/aromatic N) is 3. The van der Waals surface area contributed by atoms with E-state index in [-0.39, 0.29) is 12.3 Å². The Kier molecular flexibility index (Phi) is 4.77. The van der Waals surface area contributed by atoms with Gasteiger partial charge in [0.15, 0.2) is 0 Å². The minimum atomic E-state index is -0.0726. The molecule has 30 heavy (non-hydrogen) atoms. The average molecular weight is 413 g/mol. The van der Waals surface area contributed by atoms with E-state index in [9.17, 15) is 4.79 Å². The number of fused-ring (bicyclic) bond motifs is 3. The fraction of sp³-hybridized carbons (Fsp3) is 0.125. The third-order valence-electron chi connectivity index (χ3n) is 5.17. The number of rotatable bonds is 5. The highest BCUT2D eigenvalue weighted by molar-refractivity contribution is 7.13. The van der Waals surface area contributed by atoms with Gasteiger partial charge in [0.05, 0.1) is 12.1 Å². The van der Waals surface area contributed by atoms with Crippen LogP contribution in [0.2, 0.25) is 0 Å². The van der Waals surface area contributed by atoms with Gasteiger partial charge in [0, 0.05) is 57.4 Å². The number of aromatic nitrogens is 3. The molecule has 3 aromatic heterocycles. The third kappa shape index (κ3) is 3.35. The highest BCUT2D eigenvalue weighted by Gasteiger charge is 2.12. The van der Waals surface area contributed by atoms with E-state index >= 15 is 0 Å².